The van der Waals surface area contributed by atoms with Crippen LogP contribution in [0.5, 0.6) is 0 Å². The van der Waals surface area contributed by atoms with Crippen LogP contribution < -0.4 is 5.32 Å². The van der Waals surface area contributed by atoms with Crippen molar-refractivity contribution in [1.82, 2.24) is 0 Å². The maximum Gasteiger partial charge on any atom is 0.0835 e. The Morgan fingerprint density at radius 1 is 1.00 bits per heavy atom. The number of benzene rings is 2. The van der Waals surface area contributed by atoms with Crippen molar-refractivity contribution in [2.75, 3.05) is 5.32 Å². The molecule has 2 rings (SSSR count). The van der Waals surface area contributed by atoms with Crippen molar-refractivity contribution >= 4 is 56.4 Å². The lowest BCUT2D eigenvalue weighted by Crippen LogP contribution is -2.07. The fraction of sp³-hybridized carbons (Fsp3) is 0.143. The van der Waals surface area contributed by atoms with Gasteiger partial charge in [0.15, 0.2) is 0 Å². The molecule has 1 nitrogen and oxygen atoms in total. The second-order valence-electron chi connectivity index (χ2n) is 4.11. The van der Waals surface area contributed by atoms with Crippen molar-refractivity contribution in [1.29, 1.82) is 0 Å². The van der Waals surface area contributed by atoms with E-state index in [4.69, 9.17) is 34.8 Å². The largest absolute Gasteiger partial charge is 0.377 e. The highest BCUT2D eigenvalue weighted by Gasteiger charge is 2.13. The Balaban J connectivity index is 2.27. The second kappa shape index (κ2) is 6.36. The van der Waals surface area contributed by atoms with Crippen molar-refractivity contribution in [2.45, 2.75) is 13.0 Å². The van der Waals surface area contributed by atoms with Crippen LogP contribution in [0.3, 0.4) is 0 Å². The molecule has 0 saturated carbocycles. The van der Waals surface area contributed by atoms with Gasteiger partial charge in [-0.05, 0) is 46.6 Å². The van der Waals surface area contributed by atoms with E-state index in [1.54, 1.807) is 0 Å². The first-order valence-corrected chi connectivity index (χ1v) is 7.58. The van der Waals surface area contributed by atoms with Crippen molar-refractivity contribution in [3.8, 4) is 0 Å². The van der Waals surface area contributed by atoms with E-state index in [-0.39, 0.29) is 6.04 Å². The Morgan fingerprint density at radius 2 is 1.68 bits per heavy atom. The minimum Gasteiger partial charge on any atom is -0.377 e. The van der Waals surface area contributed by atoms with Gasteiger partial charge in [0.1, 0.15) is 0 Å². The lowest BCUT2D eigenvalue weighted by atomic mass is 10.1. The van der Waals surface area contributed by atoms with Crippen LogP contribution in [0.25, 0.3) is 0 Å². The Labute approximate surface area is 136 Å². The van der Waals surface area contributed by atoms with E-state index >= 15 is 0 Å². The summed E-state index contributed by atoms with van der Waals surface area (Å²) in [7, 11) is 0. The first kappa shape index (κ1) is 15.0. The van der Waals surface area contributed by atoms with Crippen LogP contribution in [0.2, 0.25) is 15.1 Å². The summed E-state index contributed by atoms with van der Waals surface area (Å²) in [5.74, 6) is 0. The highest BCUT2D eigenvalue weighted by atomic mass is 79.9. The molecule has 1 unspecified atom stereocenters. The molecule has 0 amide bonds. The third kappa shape index (κ3) is 3.38. The van der Waals surface area contributed by atoms with Gasteiger partial charge in [0.2, 0.25) is 0 Å². The highest BCUT2D eigenvalue weighted by Crippen LogP contribution is 2.37. The fourth-order valence-corrected chi connectivity index (χ4v) is 2.90. The van der Waals surface area contributed by atoms with E-state index < -0.39 is 0 Å². The third-order valence-electron chi connectivity index (χ3n) is 2.78. The number of anilines is 1. The first-order chi connectivity index (χ1) is 9.00. The van der Waals surface area contributed by atoms with Crippen LogP contribution >= 0.6 is 50.7 Å². The van der Waals surface area contributed by atoms with E-state index in [1.165, 1.54) is 0 Å². The molecular weight excluding hydrogens is 368 g/mol. The standard InChI is InChI=1S/C14H11BrCl3N/c1-8(9-4-2-3-5-11(9)16)19-12-7-6-10(15)13(17)14(12)18/h2-8,19H,1H3. The molecule has 0 radical (unpaired) electrons. The molecule has 100 valence electrons. The molecule has 0 aliphatic rings. The van der Waals surface area contributed by atoms with E-state index in [1.807, 2.05) is 43.3 Å². The summed E-state index contributed by atoms with van der Waals surface area (Å²) in [6.45, 7) is 2.02. The number of halogens is 4. The van der Waals surface area contributed by atoms with E-state index in [9.17, 15) is 0 Å². The Bertz CT molecular complexity index is 601. The normalized spacial score (nSPS) is 12.3. The van der Waals surface area contributed by atoms with Crippen LogP contribution in [0.4, 0.5) is 5.69 Å². The topological polar surface area (TPSA) is 12.0 Å². The zero-order valence-corrected chi connectivity index (χ0v) is 13.9. The monoisotopic (exact) mass is 377 g/mol. The molecule has 19 heavy (non-hydrogen) atoms. The van der Waals surface area contributed by atoms with E-state index in [2.05, 4.69) is 21.2 Å². The van der Waals surface area contributed by atoms with Gasteiger partial charge in [-0.15, -0.1) is 0 Å². The SMILES string of the molecule is CC(Nc1ccc(Br)c(Cl)c1Cl)c1ccccc1Cl. The maximum atomic E-state index is 6.21. The molecule has 1 atom stereocenters. The average molecular weight is 380 g/mol. The van der Waals surface area contributed by atoms with Gasteiger partial charge in [-0.2, -0.15) is 0 Å². The quantitative estimate of drug-likeness (QED) is 0.594. The summed E-state index contributed by atoms with van der Waals surface area (Å²) in [6, 6.07) is 11.5. The molecule has 0 spiro atoms. The molecular formula is C14H11BrCl3N. The second-order valence-corrected chi connectivity index (χ2v) is 6.13. The minimum atomic E-state index is 0.0310. The van der Waals surface area contributed by atoms with Crippen molar-refractivity contribution in [3.63, 3.8) is 0 Å². The van der Waals surface area contributed by atoms with E-state index in [0.29, 0.717) is 10.0 Å². The molecule has 5 heteroatoms. The maximum absolute atomic E-state index is 6.21. The number of hydrogen-bond donors (Lipinski definition) is 1. The number of rotatable bonds is 3. The summed E-state index contributed by atoms with van der Waals surface area (Å²) < 4.78 is 0.773. The molecule has 2 aromatic carbocycles. The molecule has 0 fully saturated rings. The molecule has 0 aliphatic carbocycles. The van der Waals surface area contributed by atoms with Gasteiger partial charge >= 0.3 is 0 Å². The molecule has 2 aromatic rings. The summed E-state index contributed by atoms with van der Waals surface area (Å²) >= 11 is 21.8. The number of nitrogens with one attached hydrogen (secondary N) is 1. The van der Waals surface area contributed by atoms with Gasteiger partial charge in [0.25, 0.3) is 0 Å². The van der Waals surface area contributed by atoms with Gasteiger partial charge in [0, 0.05) is 9.50 Å². The smallest absolute Gasteiger partial charge is 0.0835 e. The molecule has 0 saturated heterocycles. The van der Waals surface area contributed by atoms with Gasteiger partial charge in [-0.1, -0.05) is 53.0 Å². The van der Waals surface area contributed by atoms with Crippen LogP contribution in [0, 0.1) is 0 Å². The van der Waals surface area contributed by atoms with Gasteiger partial charge in [0.05, 0.1) is 21.8 Å². The Kier molecular flexibility index (Phi) is 5.02. The van der Waals surface area contributed by atoms with Crippen molar-refractivity contribution < 1.29 is 0 Å². The zero-order valence-electron chi connectivity index (χ0n) is 10.1. The minimum absolute atomic E-state index is 0.0310. The van der Waals surface area contributed by atoms with Crippen LogP contribution in [-0.2, 0) is 0 Å². The summed E-state index contributed by atoms with van der Waals surface area (Å²) in [4.78, 5) is 0. The molecule has 0 heterocycles. The predicted molar refractivity (Wildman–Crippen MR) is 87.7 cm³/mol. The Hall–Kier alpha value is -0.410. The fourth-order valence-electron chi connectivity index (χ4n) is 1.77. The van der Waals surface area contributed by atoms with E-state index in [0.717, 1.165) is 20.7 Å². The van der Waals surface area contributed by atoms with Gasteiger partial charge < -0.3 is 5.32 Å². The van der Waals surface area contributed by atoms with Gasteiger partial charge in [-0.3, -0.25) is 0 Å². The molecule has 0 aromatic heterocycles. The van der Waals surface area contributed by atoms with Crippen molar-refractivity contribution in [3.05, 3.63) is 61.5 Å². The summed E-state index contributed by atoms with van der Waals surface area (Å²) in [5.41, 5.74) is 1.79. The molecule has 0 aliphatic heterocycles. The molecule has 0 bridgehead atoms. The predicted octanol–water partition coefficient (Wildman–Crippen LogP) is 6.58. The van der Waals surface area contributed by atoms with Gasteiger partial charge in [-0.25, -0.2) is 0 Å². The van der Waals surface area contributed by atoms with Crippen molar-refractivity contribution in [2.24, 2.45) is 0 Å². The van der Waals surface area contributed by atoms with Crippen LogP contribution in [0.1, 0.15) is 18.5 Å². The van der Waals surface area contributed by atoms with Crippen LogP contribution in [0.15, 0.2) is 40.9 Å². The summed E-state index contributed by atoms with van der Waals surface area (Å²) in [5, 5.41) is 5.03. The lowest BCUT2D eigenvalue weighted by molar-refractivity contribution is 0.885. The third-order valence-corrected chi connectivity index (χ3v) is 4.89. The highest BCUT2D eigenvalue weighted by molar-refractivity contribution is 9.10. The molecule has 1 N–H and O–H groups in total. The zero-order chi connectivity index (χ0) is 14.0. The Morgan fingerprint density at radius 3 is 2.37 bits per heavy atom. The first-order valence-electron chi connectivity index (χ1n) is 5.65. The lowest BCUT2D eigenvalue weighted by Gasteiger charge is -2.18. The average Bonchev–Trinajstić information content (AvgIpc) is 2.40. The number of hydrogen-bond acceptors (Lipinski definition) is 1. The van der Waals surface area contributed by atoms with Crippen LogP contribution in [-0.4, -0.2) is 0 Å². The summed E-state index contributed by atoms with van der Waals surface area (Å²) in [6.07, 6.45) is 0.